The van der Waals surface area contributed by atoms with E-state index in [0.29, 0.717) is 0 Å². The van der Waals surface area contributed by atoms with Crippen molar-refractivity contribution in [2.24, 2.45) is 7.05 Å². The topological polar surface area (TPSA) is 59.8 Å². The zero-order chi connectivity index (χ0) is 11.5. The molecule has 0 bridgehead atoms. The molecule has 16 heavy (non-hydrogen) atoms. The van der Waals surface area contributed by atoms with Crippen LogP contribution in [-0.2, 0) is 7.05 Å². The van der Waals surface area contributed by atoms with E-state index in [0.717, 1.165) is 0 Å². The Morgan fingerprint density at radius 1 is 1.44 bits per heavy atom. The highest BCUT2D eigenvalue weighted by atomic mass is 19.1. The standard InChI is InChI=1S/C10H9FN4O/c1-15-6-9(13-14-15)10(16)12-8-5-3-2-4-7(8)11/h2-6H,1H3,(H,12,16). The minimum absolute atomic E-state index is 0.123. The number of amides is 1. The van der Waals surface area contributed by atoms with Crippen LogP contribution < -0.4 is 5.32 Å². The summed E-state index contributed by atoms with van der Waals surface area (Å²) in [5.41, 5.74) is 0.268. The molecule has 0 saturated carbocycles. The molecule has 0 fully saturated rings. The second kappa shape index (κ2) is 4.09. The normalized spacial score (nSPS) is 10.1. The van der Waals surface area contributed by atoms with Gasteiger partial charge in [-0.05, 0) is 12.1 Å². The Kier molecular flexibility index (Phi) is 2.63. The van der Waals surface area contributed by atoms with Crippen LogP contribution >= 0.6 is 0 Å². The fourth-order valence-corrected chi connectivity index (χ4v) is 1.20. The summed E-state index contributed by atoms with van der Waals surface area (Å²) in [7, 11) is 1.65. The minimum Gasteiger partial charge on any atom is -0.318 e. The maximum Gasteiger partial charge on any atom is 0.277 e. The van der Waals surface area contributed by atoms with Gasteiger partial charge in [-0.1, -0.05) is 17.3 Å². The fourth-order valence-electron chi connectivity index (χ4n) is 1.20. The third-order valence-corrected chi connectivity index (χ3v) is 1.96. The van der Waals surface area contributed by atoms with Crippen LogP contribution in [0.4, 0.5) is 10.1 Å². The first kappa shape index (κ1) is 10.3. The van der Waals surface area contributed by atoms with E-state index in [-0.39, 0.29) is 11.4 Å². The Labute approximate surface area is 90.9 Å². The lowest BCUT2D eigenvalue weighted by Crippen LogP contribution is -2.13. The molecule has 6 heteroatoms. The number of nitrogens with one attached hydrogen (secondary N) is 1. The van der Waals surface area contributed by atoms with Gasteiger partial charge < -0.3 is 5.32 Å². The van der Waals surface area contributed by atoms with Crippen LogP contribution in [0.2, 0.25) is 0 Å². The van der Waals surface area contributed by atoms with E-state index in [1.165, 1.54) is 23.0 Å². The smallest absolute Gasteiger partial charge is 0.277 e. The molecular weight excluding hydrogens is 211 g/mol. The first-order valence-electron chi connectivity index (χ1n) is 4.59. The number of hydrogen-bond acceptors (Lipinski definition) is 3. The summed E-state index contributed by atoms with van der Waals surface area (Å²) in [6.07, 6.45) is 1.45. The first-order chi connectivity index (χ1) is 7.66. The van der Waals surface area contributed by atoms with E-state index in [1.807, 2.05) is 0 Å². The molecule has 0 aliphatic heterocycles. The molecule has 5 nitrogen and oxygen atoms in total. The van der Waals surface area contributed by atoms with Crippen molar-refractivity contribution in [2.75, 3.05) is 5.32 Å². The van der Waals surface area contributed by atoms with Gasteiger partial charge in [-0.15, -0.1) is 5.10 Å². The number of aromatic nitrogens is 3. The van der Waals surface area contributed by atoms with Gasteiger partial charge in [0.25, 0.3) is 5.91 Å². The van der Waals surface area contributed by atoms with Crippen molar-refractivity contribution in [1.29, 1.82) is 0 Å². The zero-order valence-corrected chi connectivity index (χ0v) is 8.51. The highest BCUT2D eigenvalue weighted by Crippen LogP contribution is 2.13. The molecule has 0 saturated heterocycles. The van der Waals surface area contributed by atoms with Crippen molar-refractivity contribution in [3.05, 3.63) is 42.0 Å². The van der Waals surface area contributed by atoms with Crippen molar-refractivity contribution in [2.45, 2.75) is 0 Å². The van der Waals surface area contributed by atoms with Crippen LogP contribution in [-0.4, -0.2) is 20.9 Å². The molecule has 82 valence electrons. The van der Waals surface area contributed by atoms with E-state index in [2.05, 4.69) is 15.6 Å². The van der Waals surface area contributed by atoms with Crippen LogP contribution in [0.25, 0.3) is 0 Å². The summed E-state index contributed by atoms with van der Waals surface area (Å²) in [5.74, 6) is -0.974. The number of rotatable bonds is 2. The number of carbonyl (C=O) groups excluding carboxylic acids is 1. The predicted octanol–water partition coefficient (Wildman–Crippen LogP) is 1.21. The lowest BCUT2D eigenvalue weighted by molar-refractivity contribution is 0.102. The highest BCUT2D eigenvalue weighted by Gasteiger charge is 2.11. The fraction of sp³-hybridized carbons (Fsp3) is 0.100. The van der Waals surface area contributed by atoms with Gasteiger partial charge in [0.15, 0.2) is 5.69 Å². The molecule has 2 rings (SSSR count). The third-order valence-electron chi connectivity index (χ3n) is 1.96. The molecule has 1 heterocycles. The lowest BCUT2D eigenvalue weighted by Gasteiger charge is -2.02. The number of para-hydroxylation sites is 1. The van der Waals surface area contributed by atoms with Crippen LogP contribution in [0.5, 0.6) is 0 Å². The van der Waals surface area contributed by atoms with Crippen molar-refractivity contribution in [1.82, 2.24) is 15.0 Å². The summed E-state index contributed by atoms with van der Waals surface area (Å²) < 4.78 is 14.6. The van der Waals surface area contributed by atoms with Gasteiger partial charge in [-0.25, -0.2) is 4.39 Å². The molecule has 0 unspecified atom stereocenters. The Morgan fingerprint density at radius 2 is 2.19 bits per heavy atom. The van der Waals surface area contributed by atoms with Crippen molar-refractivity contribution < 1.29 is 9.18 Å². The van der Waals surface area contributed by atoms with Gasteiger partial charge in [0, 0.05) is 7.05 Å². The van der Waals surface area contributed by atoms with Gasteiger partial charge in [-0.2, -0.15) is 0 Å². The summed E-state index contributed by atoms with van der Waals surface area (Å²) in [6.45, 7) is 0. The number of aryl methyl sites for hydroxylation is 1. The Balaban J connectivity index is 2.17. The molecule has 1 aromatic heterocycles. The van der Waals surface area contributed by atoms with Gasteiger partial charge in [0.2, 0.25) is 0 Å². The van der Waals surface area contributed by atoms with Gasteiger partial charge >= 0.3 is 0 Å². The SMILES string of the molecule is Cn1cc(C(=O)Nc2ccccc2F)nn1. The van der Waals surface area contributed by atoms with Gasteiger partial charge in [0.1, 0.15) is 5.82 Å². The zero-order valence-electron chi connectivity index (χ0n) is 8.51. The van der Waals surface area contributed by atoms with Gasteiger partial charge in [-0.3, -0.25) is 9.48 Å². The van der Waals surface area contributed by atoms with Gasteiger partial charge in [0.05, 0.1) is 11.9 Å². The number of carbonyl (C=O) groups is 1. The number of nitrogens with zero attached hydrogens (tertiary/aromatic N) is 3. The maximum absolute atomic E-state index is 13.2. The van der Waals surface area contributed by atoms with Crippen molar-refractivity contribution in [3.63, 3.8) is 0 Å². The van der Waals surface area contributed by atoms with Crippen LogP contribution in [0.3, 0.4) is 0 Å². The number of benzene rings is 1. The minimum atomic E-state index is -0.488. The molecule has 2 aromatic rings. The molecule has 0 spiro atoms. The Bertz CT molecular complexity index is 523. The molecule has 0 aliphatic rings. The number of anilines is 1. The molecule has 0 atom stereocenters. The first-order valence-corrected chi connectivity index (χ1v) is 4.59. The second-order valence-electron chi connectivity index (χ2n) is 3.21. The molecule has 1 amide bonds. The largest absolute Gasteiger partial charge is 0.318 e. The van der Waals surface area contributed by atoms with Crippen molar-refractivity contribution in [3.8, 4) is 0 Å². The van der Waals surface area contributed by atoms with Crippen molar-refractivity contribution >= 4 is 11.6 Å². The van der Waals surface area contributed by atoms with Crippen LogP contribution in [0, 0.1) is 5.82 Å². The average Bonchev–Trinajstić information content (AvgIpc) is 2.68. The third kappa shape index (κ3) is 2.05. The second-order valence-corrected chi connectivity index (χ2v) is 3.21. The summed E-state index contributed by atoms with van der Waals surface area (Å²) in [5, 5.41) is 9.64. The molecular formula is C10H9FN4O. The van der Waals surface area contributed by atoms with E-state index >= 15 is 0 Å². The number of halogens is 1. The van der Waals surface area contributed by atoms with E-state index in [9.17, 15) is 9.18 Å². The van der Waals surface area contributed by atoms with E-state index in [4.69, 9.17) is 0 Å². The van der Waals surface area contributed by atoms with E-state index < -0.39 is 11.7 Å². The Morgan fingerprint density at radius 3 is 2.81 bits per heavy atom. The summed E-state index contributed by atoms with van der Waals surface area (Å²) in [4.78, 5) is 11.6. The molecule has 0 radical (unpaired) electrons. The van der Waals surface area contributed by atoms with Crippen LogP contribution in [0.15, 0.2) is 30.5 Å². The monoisotopic (exact) mass is 220 g/mol. The molecule has 1 N–H and O–H groups in total. The highest BCUT2D eigenvalue weighted by molar-refractivity contribution is 6.02. The number of hydrogen-bond donors (Lipinski definition) is 1. The lowest BCUT2D eigenvalue weighted by atomic mass is 10.3. The molecule has 0 aliphatic carbocycles. The summed E-state index contributed by atoms with van der Waals surface area (Å²) in [6, 6.07) is 5.93. The predicted molar refractivity (Wildman–Crippen MR) is 55.4 cm³/mol. The molecule has 1 aromatic carbocycles. The van der Waals surface area contributed by atoms with E-state index in [1.54, 1.807) is 19.2 Å². The summed E-state index contributed by atoms with van der Waals surface area (Å²) >= 11 is 0. The quantitative estimate of drug-likeness (QED) is 0.827. The van der Waals surface area contributed by atoms with Crippen LogP contribution in [0.1, 0.15) is 10.5 Å². The average molecular weight is 220 g/mol. The Hall–Kier alpha value is -2.24. The maximum atomic E-state index is 13.2.